The maximum Gasteiger partial charge on any atom is 0.350 e. The fourth-order valence-corrected chi connectivity index (χ4v) is 8.03. The van der Waals surface area contributed by atoms with Gasteiger partial charge in [-0.25, -0.2) is 28.5 Å². The number of nitrogens with one attached hydrogen (secondary N) is 1. The topological polar surface area (TPSA) is 103 Å². The van der Waals surface area contributed by atoms with E-state index >= 15 is 0 Å². The fraction of sp³-hybridized carbons (Fsp3) is 0.404. The van der Waals surface area contributed by atoms with Crippen LogP contribution in [0.4, 0.5) is 27.1 Å². The Kier molecular flexibility index (Phi) is 21.4. The predicted molar refractivity (Wildman–Crippen MR) is 275 cm³/mol. The van der Waals surface area contributed by atoms with Crippen LogP contribution in [-0.2, 0) is 0 Å². The molecule has 2 aliphatic rings. The van der Waals surface area contributed by atoms with Gasteiger partial charge < -0.3 is 19.6 Å². The molecule has 0 saturated carbocycles. The summed E-state index contributed by atoms with van der Waals surface area (Å²) < 4.78 is 16.4. The molecule has 0 atom stereocenters. The molecule has 64 heavy (non-hydrogen) atoms. The molecule has 0 amide bonds. The second kappa shape index (κ2) is 26.4. The zero-order chi connectivity index (χ0) is 45.3. The van der Waals surface area contributed by atoms with Gasteiger partial charge in [-0.1, -0.05) is 75.5 Å². The summed E-state index contributed by atoms with van der Waals surface area (Å²) in [7, 11) is 0.500. The van der Waals surface area contributed by atoms with Crippen molar-refractivity contribution >= 4 is 79.0 Å². The van der Waals surface area contributed by atoms with E-state index in [2.05, 4.69) is 183 Å². The van der Waals surface area contributed by atoms with Crippen LogP contribution in [-0.4, -0.2) is 102 Å². The van der Waals surface area contributed by atoms with Crippen molar-refractivity contribution in [2.75, 3.05) is 79.1 Å². The molecule has 6 aromatic rings. The minimum atomic E-state index is -0.226. The summed E-state index contributed by atoms with van der Waals surface area (Å²) >= 11 is 10.5. The van der Waals surface area contributed by atoms with Gasteiger partial charge in [0, 0.05) is 97.3 Å². The van der Waals surface area contributed by atoms with Crippen molar-refractivity contribution in [2.24, 2.45) is 0 Å². The van der Waals surface area contributed by atoms with Crippen molar-refractivity contribution in [1.82, 2.24) is 29.1 Å². The van der Waals surface area contributed by atoms with Gasteiger partial charge in [0.25, 0.3) is 0 Å². The number of halogens is 4. The van der Waals surface area contributed by atoms with Crippen LogP contribution in [0.25, 0.3) is 11.4 Å². The monoisotopic (exact) mass is 1060 g/mol. The highest BCUT2D eigenvalue weighted by Gasteiger charge is 2.20. The molecule has 4 heterocycles. The Balaban J connectivity index is 0.000000240. The second-order valence-electron chi connectivity index (χ2n) is 15.1. The van der Waals surface area contributed by atoms with E-state index in [4.69, 9.17) is 0 Å². The zero-order valence-corrected chi connectivity index (χ0v) is 42.2. The molecule has 3 radical (unpaired) electrons. The highest BCUT2D eigenvalue weighted by atomic mass is 79.9. The summed E-state index contributed by atoms with van der Waals surface area (Å²) in [6, 6.07) is 33.4. The number of nitrogens with zero attached hydrogens (tertiary/aromatic N) is 9. The van der Waals surface area contributed by atoms with Gasteiger partial charge in [-0.2, -0.15) is 10.2 Å². The number of piperazine rings is 2. The van der Waals surface area contributed by atoms with E-state index in [1.165, 1.54) is 46.5 Å². The molecule has 2 saturated heterocycles. The summed E-state index contributed by atoms with van der Waals surface area (Å²) in [5, 5.41) is 10.5. The molecule has 2 fully saturated rings. The van der Waals surface area contributed by atoms with Crippen molar-refractivity contribution in [2.45, 2.75) is 64.2 Å². The number of aromatic amines is 1. The average molecular weight is 1070 g/mol. The van der Waals surface area contributed by atoms with Crippen LogP contribution >= 0.6 is 47.8 Å². The smallest absolute Gasteiger partial charge is 0.350 e. The lowest BCUT2D eigenvalue weighted by Crippen LogP contribution is -2.46. The number of anilines is 4. The maximum absolute atomic E-state index is 12.8. The van der Waals surface area contributed by atoms with Crippen molar-refractivity contribution < 1.29 is 4.39 Å². The summed E-state index contributed by atoms with van der Waals surface area (Å²) in [6.07, 6.45) is 7.42. The van der Waals surface area contributed by atoms with Crippen LogP contribution in [0.3, 0.4) is 0 Å². The highest BCUT2D eigenvalue weighted by molar-refractivity contribution is 9.10. The van der Waals surface area contributed by atoms with Gasteiger partial charge in [0.15, 0.2) is 0 Å². The SMILES string of the molecule is CCC(Br)CC.CCC(CC)n1ncn(-c2ccc(N3CCN(c4ccc(Br)cc4)CC3)cc2)c1=O.CF.O=c1[nH]ncn1-c1ccc(N2CCN(c3ccc(Br)cc3)CC2)cc1.[B]. The van der Waals surface area contributed by atoms with Crippen molar-refractivity contribution in [3.05, 3.63) is 140 Å². The standard InChI is InChI=1S/C23H28BrN5O.C18H18BrN5O.C5H11Br.CH3F.B/c1-3-19(4-2)29-23(30)28(17-25-29)22-11-9-21(10-12-22)27-15-13-26(14-16-27)20-7-5-18(24)6-8-20;19-14-1-3-15(4-2-14)22-9-11-23(12-10-22)16-5-7-17(8-6-16)24-13-20-21-18(24)25;1-3-5(6)4-2;1-2;/h5-12,17,19H,3-4,13-16H2,1-2H3;1-8,13H,9-12H2,(H,21,25);5H,3-4H2,1-2H3;1H3;. The number of H-pyrrole nitrogens is 1. The van der Waals surface area contributed by atoms with Gasteiger partial charge in [0.1, 0.15) is 12.7 Å². The first-order valence-corrected chi connectivity index (χ1v) is 24.1. The molecule has 4 aromatic carbocycles. The molecular weight excluding hydrogens is 1010 g/mol. The maximum atomic E-state index is 12.8. The number of hydrogen-bond acceptors (Lipinski definition) is 8. The number of rotatable bonds is 11. The van der Waals surface area contributed by atoms with Crippen LogP contribution in [0, 0.1) is 0 Å². The lowest BCUT2D eigenvalue weighted by atomic mass is 10.2. The molecule has 1 N–H and O–H groups in total. The Morgan fingerprint density at radius 3 is 1.16 bits per heavy atom. The highest BCUT2D eigenvalue weighted by Crippen LogP contribution is 2.25. The molecule has 12 nitrogen and oxygen atoms in total. The summed E-state index contributed by atoms with van der Waals surface area (Å²) in [5.74, 6) is 0. The van der Waals surface area contributed by atoms with E-state index in [1.807, 2.05) is 24.3 Å². The minimum absolute atomic E-state index is 0. The quantitative estimate of drug-likeness (QED) is 0.101. The third kappa shape index (κ3) is 13.9. The minimum Gasteiger partial charge on any atom is -0.368 e. The molecule has 341 valence electrons. The second-order valence-corrected chi connectivity index (χ2v) is 18.2. The van der Waals surface area contributed by atoms with E-state index in [1.54, 1.807) is 15.6 Å². The first-order valence-electron chi connectivity index (χ1n) is 21.6. The van der Waals surface area contributed by atoms with Crippen LogP contribution in [0.5, 0.6) is 0 Å². The molecule has 17 heteroatoms. The summed E-state index contributed by atoms with van der Waals surface area (Å²) in [6.45, 7) is 16.4. The van der Waals surface area contributed by atoms with Gasteiger partial charge in [-0.3, -0.25) is 4.39 Å². The van der Waals surface area contributed by atoms with Crippen LogP contribution in [0.2, 0.25) is 0 Å². The number of hydrogen-bond donors (Lipinski definition) is 1. The molecular formula is C47H60BBr3FN10O2. The lowest BCUT2D eigenvalue weighted by molar-refractivity contribution is 0.414. The van der Waals surface area contributed by atoms with E-state index in [0.717, 1.165) is 90.3 Å². The average Bonchev–Trinajstić information content (AvgIpc) is 3.95. The van der Waals surface area contributed by atoms with Crippen molar-refractivity contribution in [3.63, 3.8) is 0 Å². The molecule has 0 spiro atoms. The molecule has 2 aliphatic heterocycles. The Hall–Kier alpha value is -4.61. The van der Waals surface area contributed by atoms with Crippen LogP contribution < -0.4 is 31.0 Å². The fourth-order valence-electron chi connectivity index (χ4n) is 7.50. The largest absolute Gasteiger partial charge is 0.368 e. The number of aromatic nitrogens is 6. The Morgan fingerprint density at radius 1 is 0.531 bits per heavy atom. The predicted octanol–water partition coefficient (Wildman–Crippen LogP) is 9.91. The van der Waals surface area contributed by atoms with E-state index in [-0.39, 0.29) is 25.8 Å². The van der Waals surface area contributed by atoms with Crippen molar-refractivity contribution in [3.8, 4) is 11.4 Å². The number of benzene rings is 4. The Bertz CT molecular complexity index is 2330. The normalized spacial score (nSPS) is 13.6. The summed E-state index contributed by atoms with van der Waals surface area (Å²) in [5.41, 5.74) is 6.27. The van der Waals surface area contributed by atoms with E-state index in [0.29, 0.717) is 7.18 Å². The van der Waals surface area contributed by atoms with Gasteiger partial charge in [-0.15, -0.1) is 0 Å². The molecule has 0 aliphatic carbocycles. The van der Waals surface area contributed by atoms with Crippen LogP contribution in [0.15, 0.2) is 128 Å². The molecule has 0 bridgehead atoms. The molecule has 8 rings (SSSR count). The van der Waals surface area contributed by atoms with Gasteiger partial charge >= 0.3 is 11.4 Å². The lowest BCUT2D eigenvalue weighted by Gasteiger charge is -2.37. The molecule has 2 aromatic heterocycles. The van der Waals surface area contributed by atoms with E-state index in [9.17, 15) is 14.0 Å². The Labute approximate surface area is 404 Å². The van der Waals surface area contributed by atoms with Gasteiger partial charge in [0.05, 0.1) is 24.6 Å². The molecule has 0 unspecified atom stereocenters. The summed E-state index contributed by atoms with van der Waals surface area (Å²) in [4.78, 5) is 34.7. The van der Waals surface area contributed by atoms with Gasteiger partial charge in [0.2, 0.25) is 0 Å². The number of alkyl halides is 2. The first kappa shape index (κ1) is 52.0. The first-order chi connectivity index (χ1) is 30.6. The third-order valence-corrected chi connectivity index (χ3v) is 13.7. The zero-order valence-electron chi connectivity index (χ0n) is 37.5. The Morgan fingerprint density at radius 2 is 0.859 bits per heavy atom. The third-order valence-electron chi connectivity index (χ3n) is 11.3. The van der Waals surface area contributed by atoms with E-state index < -0.39 is 0 Å². The van der Waals surface area contributed by atoms with Crippen molar-refractivity contribution in [1.29, 1.82) is 0 Å². The van der Waals surface area contributed by atoms with Gasteiger partial charge in [-0.05, 0) is 123 Å². The van der Waals surface area contributed by atoms with Crippen LogP contribution in [0.1, 0.15) is 59.4 Å².